The van der Waals surface area contributed by atoms with Gasteiger partial charge in [0.1, 0.15) is 15.5 Å². The summed E-state index contributed by atoms with van der Waals surface area (Å²) in [5.74, 6) is 0.362. The van der Waals surface area contributed by atoms with Crippen molar-refractivity contribution in [3.8, 4) is 11.8 Å². The third-order valence-corrected chi connectivity index (χ3v) is 7.56. The van der Waals surface area contributed by atoms with E-state index < -0.39 is 6.03 Å². The first-order valence-electron chi connectivity index (χ1n) is 11.6. The number of ether oxygens (including phenoxy) is 1. The summed E-state index contributed by atoms with van der Waals surface area (Å²) >= 11 is 1.25. The Morgan fingerprint density at radius 3 is 2.78 bits per heavy atom. The Kier molecular flexibility index (Phi) is 5.50. The fourth-order valence-corrected chi connectivity index (χ4v) is 5.71. The van der Waals surface area contributed by atoms with E-state index in [1.165, 1.54) is 16.2 Å². The van der Waals surface area contributed by atoms with Crippen LogP contribution >= 0.6 is 11.3 Å². The van der Waals surface area contributed by atoms with Gasteiger partial charge < -0.3 is 21.1 Å². The number of pyridine rings is 1. The van der Waals surface area contributed by atoms with Crippen LogP contribution in [-0.2, 0) is 0 Å². The largest absolute Gasteiger partial charge is 0.424 e. The zero-order valence-corrected chi connectivity index (χ0v) is 20.2. The molecule has 4 heterocycles. The molecule has 0 unspecified atom stereocenters. The van der Waals surface area contributed by atoms with E-state index in [1.807, 2.05) is 30.3 Å². The van der Waals surface area contributed by atoms with Gasteiger partial charge in [-0.3, -0.25) is 9.69 Å². The average Bonchev–Trinajstić information content (AvgIpc) is 3.45. The highest BCUT2D eigenvalue weighted by atomic mass is 32.1. The standard InChI is InChI=1S/C25H23N7O3S/c1-13-18(12-28-24(29-13)35-14-6-3-2-4-7-14)32-17-10-11-27-23-19(17)20(31-25(32)34)21(36-23)22(33)30-16-9-5-8-15(16)26/h2-4,6-7,10-12,15-16H,5,8-9,26H2,1H3,(H,30,33)(H,31,34)/t15-,16+/m0/s1. The second-order valence-electron chi connectivity index (χ2n) is 8.80. The number of amides is 3. The van der Waals surface area contributed by atoms with Gasteiger partial charge in [-0.05, 0) is 44.4 Å². The molecule has 182 valence electrons. The maximum atomic E-state index is 13.4. The number of para-hydroxylation sites is 1. The number of carbonyl (C=O) groups excluding carboxylic acids is 2. The van der Waals surface area contributed by atoms with Crippen molar-refractivity contribution in [2.24, 2.45) is 5.73 Å². The quantitative estimate of drug-likeness (QED) is 0.367. The van der Waals surface area contributed by atoms with Gasteiger partial charge in [0.15, 0.2) is 0 Å². The highest BCUT2D eigenvalue weighted by Crippen LogP contribution is 2.46. The first kappa shape index (κ1) is 22.4. The van der Waals surface area contributed by atoms with Crippen LogP contribution in [0.1, 0.15) is 34.6 Å². The molecule has 11 heteroatoms. The molecule has 10 nitrogen and oxygen atoms in total. The molecule has 1 fully saturated rings. The first-order valence-corrected chi connectivity index (χ1v) is 12.5. The second-order valence-corrected chi connectivity index (χ2v) is 9.79. The van der Waals surface area contributed by atoms with Crippen LogP contribution in [0.2, 0.25) is 0 Å². The van der Waals surface area contributed by atoms with Gasteiger partial charge in [-0.25, -0.2) is 14.8 Å². The summed E-state index contributed by atoms with van der Waals surface area (Å²) in [5, 5.41) is 6.64. The highest BCUT2D eigenvalue weighted by Gasteiger charge is 2.35. The SMILES string of the molecule is Cc1nc(Oc2ccccc2)ncc1N1C(=O)Nc2c(C(=O)N[C@@H]3CCC[C@@H]3N)sc3nccc1c23. The van der Waals surface area contributed by atoms with Gasteiger partial charge in [-0.2, -0.15) is 4.98 Å². The van der Waals surface area contributed by atoms with Gasteiger partial charge in [0, 0.05) is 18.3 Å². The van der Waals surface area contributed by atoms with Crippen molar-refractivity contribution in [2.45, 2.75) is 38.3 Å². The average molecular weight is 502 g/mol. The van der Waals surface area contributed by atoms with E-state index in [0.29, 0.717) is 43.6 Å². The molecule has 0 spiro atoms. The van der Waals surface area contributed by atoms with E-state index in [4.69, 9.17) is 10.5 Å². The number of nitrogens with zero attached hydrogens (tertiary/aromatic N) is 4. The van der Waals surface area contributed by atoms with Crippen LogP contribution in [0.25, 0.3) is 10.2 Å². The molecule has 6 rings (SSSR count). The number of thiophene rings is 1. The molecule has 1 saturated carbocycles. The minimum atomic E-state index is -0.413. The number of urea groups is 1. The Morgan fingerprint density at radius 2 is 2.03 bits per heavy atom. The number of nitrogens with two attached hydrogens (primary N) is 1. The molecule has 36 heavy (non-hydrogen) atoms. The van der Waals surface area contributed by atoms with Crippen LogP contribution in [0.3, 0.4) is 0 Å². The first-order chi connectivity index (χ1) is 17.5. The maximum absolute atomic E-state index is 13.4. The molecule has 1 aliphatic heterocycles. The monoisotopic (exact) mass is 501 g/mol. The third kappa shape index (κ3) is 3.82. The minimum absolute atomic E-state index is 0.0599. The summed E-state index contributed by atoms with van der Waals surface area (Å²) in [5.41, 5.74) is 8.27. The minimum Gasteiger partial charge on any atom is -0.424 e. The molecule has 0 bridgehead atoms. The summed E-state index contributed by atoms with van der Waals surface area (Å²) in [4.78, 5) is 42.3. The number of nitrogens with one attached hydrogen (secondary N) is 2. The molecule has 3 aromatic heterocycles. The summed E-state index contributed by atoms with van der Waals surface area (Å²) in [6.45, 7) is 1.79. The second kappa shape index (κ2) is 8.85. The van der Waals surface area contributed by atoms with E-state index in [-0.39, 0.29) is 24.0 Å². The Bertz CT molecular complexity index is 1490. The Hall–Kier alpha value is -4.09. The molecule has 4 aromatic rings. The lowest BCUT2D eigenvalue weighted by molar-refractivity contribution is 0.0939. The van der Waals surface area contributed by atoms with E-state index in [0.717, 1.165) is 19.3 Å². The fraction of sp³-hybridized carbons (Fsp3) is 0.240. The van der Waals surface area contributed by atoms with Crippen molar-refractivity contribution in [3.05, 3.63) is 59.4 Å². The maximum Gasteiger partial charge on any atom is 0.331 e. The van der Waals surface area contributed by atoms with Gasteiger partial charge in [0.2, 0.25) is 0 Å². The Morgan fingerprint density at radius 1 is 1.19 bits per heavy atom. The van der Waals surface area contributed by atoms with Crippen molar-refractivity contribution >= 4 is 50.6 Å². The summed E-state index contributed by atoms with van der Waals surface area (Å²) in [7, 11) is 0. The van der Waals surface area contributed by atoms with Crippen molar-refractivity contribution in [2.75, 3.05) is 10.2 Å². The normalized spacial score (nSPS) is 18.8. The molecular weight excluding hydrogens is 478 g/mol. The van der Waals surface area contributed by atoms with E-state index in [1.54, 1.807) is 25.4 Å². The number of hydrogen-bond donors (Lipinski definition) is 3. The Balaban J connectivity index is 1.35. The van der Waals surface area contributed by atoms with Gasteiger partial charge in [-0.1, -0.05) is 18.2 Å². The molecule has 3 amide bonds. The number of carbonyl (C=O) groups is 2. The van der Waals surface area contributed by atoms with Gasteiger partial charge in [0.05, 0.1) is 34.3 Å². The van der Waals surface area contributed by atoms with E-state index in [2.05, 4.69) is 25.6 Å². The zero-order valence-electron chi connectivity index (χ0n) is 19.4. The topological polar surface area (TPSA) is 135 Å². The van der Waals surface area contributed by atoms with Crippen molar-refractivity contribution in [1.82, 2.24) is 20.3 Å². The number of aromatic nitrogens is 3. The summed E-state index contributed by atoms with van der Waals surface area (Å²) in [6.07, 6.45) is 5.90. The third-order valence-electron chi connectivity index (χ3n) is 6.46. The van der Waals surface area contributed by atoms with Crippen molar-refractivity contribution in [1.29, 1.82) is 0 Å². The van der Waals surface area contributed by atoms with Crippen molar-refractivity contribution in [3.63, 3.8) is 0 Å². The lowest BCUT2D eigenvalue weighted by atomic mass is 10.1. The van der Waals surface area contributed by atoms with Gasteiger partial charge in [0.25, 0.3) is 5.91 Å². The molecule has 1 aliphatic carbocycles. The van der Waals surface area contributed by atoms with Crippen molar-refractivity contribution < 1.29 is 14.3 Å². The number of anilines is 3. The van der Waals surface area contributed by atoms with Crippen LogP contribution in [0.5, 0.6) is 11.8 Å². The predicted molar refractivity (Wildman–Crippen MR) is 137 cm³/mol. The van der Waals surface area contributed by atoms with Crippen LogP contribution in [-0.4, -0.2) is 39.0 Å². The van der Waals surface area contributed by atoms with Crippen LogP contribution in [0, 0.1) is 6.92 Å². The molecule has 0 saturated heterocycles. The fourth-order valence-electron chi connectivity index (χ4n) is 4.69. The number of aryl methyl sites for hydroxylation is 1. The smallest absolute Gasteiger partial charge is 0.331 e. The van der Waals surface area contributed by atoms with E-state index >= 15 is 0 Å². The van der Waals surface area contributed by atoms with Crippen LogP contribution < -0.4 is 26.0 Å². The zero-order chi connectivity index (χ0) is 24.8. The number of benzene rings is 1. The number of rotatable bonds is 5. The predicted octanol–water partition coefficient (Wildman–Crippen LogP) is 4.48. The lowest BCUT2D eigenvalue weighted by Gasteiger charge is -2.29. The molecule has 2 aliphatic rings. The van der Waals surface area contributed by atoms with Gasteiger partial charge in [-0.15, -0.1) is 11.3 Å². The molecule has 1 aromatic carbocycles. The Labute approximate surface area is 210 Å². The molecule has 0 radical (unpaired) electrons. The van der Waals surface area contributed by atoms with Crippen LogP contribution in [0.4, 0.5) is 21.9 Å². The van der Waals surface area contributed by atoms with Crippen LogP contribution in [0.15, 0.2) is 48.8 Å². The lowest BCUT2D eigenvalue weighted by Crippen LogP contribution is -2.44. The molecule has 4 N–H and O–H groups in total. The highest BCUT2D eigenvalue weighted by molar-refractivity contribution is 7.21. The molecular formula is C25H23N7O3S. The molecule has 2 atom stereocenters. The number of hydrogen-bond acceptors (Lipinski definition) is 8. The van der Waals surface area contributed by atoms with E-state index in [9.17, 15) is 9.59 Å². The summed E-state index contributed by atoms with van der Waals surface area (Å²) in [6, 6.07) is 10.6. The summed E-state index contributed by atoms with van der Waals surface area (Å²) < 4.78 is 5.73. The van der Waals surface area contributed by atoms with Gasteiger partial charge >= 0.3 is 12.0 Å².